The van der Waals surface area contributed by atoms with Crippen LogP contribution in [0.15, 0.2) is 84.3 Å². The first kappa shape index (κ1) is 18.3. The smallest absolute Gasteiger partial charge is 0.196 e. The molecule has 28 heavy (non-hydrogen) atoms. The second-order valence-electron chi connectivity index (χ2n) is 6.23. The third kappa shape index (κ3) is 4.23. The molecule has 2 aromatic heterocycles. The normalized spacial score (nSPS) is 10.8. The minimum atomic E-state index is 0.597. The van der Waals surface area contributed by atoms with Gasteiger partial charge in [-0.1, -0.05) is 42.1 Å². The number of pyridine rings is 1. The maximum Gasteiger partial charge on any atom is 0.196 e. The number of thioether (sulfide) groups is 1. The third-order valence-corrected chi connectivity index (χ3v) is 5.05. The fourth-order valence-electron chi connectivity index (χ4n) is 2.86. The Morgan fingerprint density at radius 3 is 2.54 bits per heavy atom. The molecule has 0 bridgehead atoms. The van der Waals surface area contributed by atoms with Crippen LogP contribution in [0.2, 0.25) is 0 Å². The van der Waals surface area contributed by atoms with Crippen LogP contribution in [0, 0.1) is 6.92 Å². The lowest BCUT2D eigenvalue weighted by Gasteiger charge is -2.11. The topological polar surface area (TPSA) is 52.8 Å². The molecule has 0 amide bonds. The highest BCUT2D eigenvalue weighted by molar-refractivity contribution is 7.99. The molecule has 0 N–H and O–H groups in total. The monoisotopic (exact) mass is 388 g/mol. The van der Waals surface area contributed by atoms with Crippen molar-refractivity contribution in [3.05, 3.63) is 84.7 Å². The highest BCUT2D eigenvalue weighted by atomic mass is 32.2. The highest BCUT2D eigenvalue weighted by Crippen LogP contribution is 2.28. The highest BCUT2D eigenvalue weighted by Gasteiger charge is 2.16. The van der Waals surface area contributed by atoms with Crippen LogP contribution in [-0.2, 0) is 0 Å². The van der Waals surface area contributed by atoms with Gasteiger partial charge in [0.15, 0.2) is 11.0 Å². The lowest BCUT2D eigenvalue weighted by atomic mass is 10.2. The van der Waals surface area contributed by atoms with Gasteiger partial charge in [-0.3, -0.25) is 9.55 Å². The van der Waals surface area contributed by atoms with Gasteiger partial charge in [-0.25, -0.2) is 0 Å². The molecule has 0 unspecified atom stereocenters. The average Bonchev–Trinajstić information content (AvgIpc) is 3.16. The zero-order chi connectivity index (χ0) is 19.2. The summed E-state index contributed by atoms with van der Waals surface area (Å²) in [5.41, 5.74) is 3.22. The molecular weight excluding hydrogens is 368 g/mol. The number of rotatable bonds is 7. The van der Waals surface area contributed by atoms with Crippen LogP contribution < -0.4 is 4.74 Å². The van der Waals surface area contributed by atoms with E-state index in [0.717, 1.165) is 33.7 Å². The summed E-state index contributed by atoms with van der Waals surface area (Å²) in [4.78, 5) is 4.10. The molecule has 5 nitrogen and oxygen atoms in total. The summed E-state index contributed by atoms with van der Waals surface area (Å²) in [6.45, 7) is 2.68. The lowest BCUT2D eigenvalue weighted by Crippen LogP contribution is -2.03. The summed E-state index contributed by atoms with van der Waals surface area (Å²) in [5.74, 6) is 2.45. The van der Waals surface area contributed by atoms with Crippen LogP contribution >= 0.6 is 11.8 Å². The predicted octanol–water partition coefficient (Wildman–Crippen LogP) is 4.81. The first-order chi connectivity index (χ1) is 13.8. The van der Waals surface area contributed by atoms with Crippen molar-refractivity contribution < 1.29 is 4.74 Å². The molecule has 0 aliphatic rings. The van der Waals surface area contributed by atoms with Gasteiger partial charge in [0.25, 0.3) is 0 Å². The number of hydrogen-bond acceptors (Lipinski definition) is 5. The van der Waals surface area contributed by atoms with Gasteiger partial charge in [0.1, 0.15) is 5.75 Å². The number of benzene rings is 2. The second kappa shape index (κ2) is 8.71. The Morgan fingerprint density at radius 1 is 0.929 bits per heavy atom. The quantitative estimate of drug-likeness (QED) is 0.336. The van der Waals surface area contributed by atoms with E-state index >= 15 is 0 Å². The van der Waals surface area contributed by atoms with Crippen LogP contribution in [0.4, 0.5) is 0 Å². The van der Waals surface area contributed by atoms with Crippen molar-refractivity contribution >= 4 is 11.8 Å². The van der Waals surface area contributed by atoms with Gasteiger partial charge < -0.3 is 4.74 Å². The van der Waals surface area contributed by atoms with E-state index in [-0.39, 0.29) is 0 Å². The largest absolute Gasteiger partial charge is 0.493 e. The van der Waals surface area contributed by atoms with Gasteiger partial charge in [-0.05, 0) is 48.9 Å². The Balaban J connectivity index is 1.57. The molecule has 2 aromatic carbocycles. The van der Waals surface area contributed by atoms with E-state index in [1.165, 1.54) is 5.56 Å². The molecule has 0 saturated heterocycles. The van der Waals surface area contributed by atoms with Crippen LogP contribution in [-0.4, -0.2) is 32.1 Å². The summed E-state index contributed by atoms with van der Waals surface area (Å²) in [6.07, 6.45) is 3.54. The Morgan fingerprint density at radius 2 is 1.75 bits per heavy atom. The number of aromatic nitrogens is 4. The Bertz CT molecular complexity index is 1030. The molecule has 6 heteroatoms. The molecule has 4 aromatic rings. The van der Waals surface area contributed by atoms with Crippen molar-refractivity contribution in [3.8, 4) is 22.8 Å². The van der Waals surface area contributed by atoms with Gasteiger partial charge in [0, 0.05) is 29.4 Å². The van der Waals surface area contributed by atoms with E-state index < -0.39 is 0 Å². The van der Waals surface area contributed by atoms with Crippen LogP contribution in [0.1, 0.15) is 5.56 Å². The van der Waals surface area contributed by atoms with Crippen molar-refractivity contribution in [2.45, 2.75) is 12.1 Å². The van der Waals surface area contributed by atoms with Crippen LogP contribution in [0.3, 0.4) is 0 Å². The molecule has 140 valence electrons. The molecule has 0 radical (unpaired) electrons. The van der Waals surface area contributed by atoms with E-state index in [1.807, 2.05) is 48.5 Å². The van der Waals surface area contributed by atoms with E-state index in [4.69, 9.17) is 4.74 Å². The SMILES string of the molecule is Cc1cccc(-n2c(SCCOc3ccccc3)nnc2-c2ccncc2)c1. The van der Waals surface area contributed by atoms with Gasteiger partial charge in [-0.2, -0.15) is 0 Å². The fourth-order valence-corrected chi connectivity index (χ4v) is 3.63. The van der Waals surface area contributed by atoms with Gasteiger partial charge in [-0.15, -0.1) is 10.2 Å². The number of nitrogens with zero attached hydrogens (tertiary/aromatic N) is 4. The van der Waals surface area contributed by atoms with Gasteiger partial charge in [0.05, 0.1) is 6.61 Å². The number of ether oxygens (including phenoxy) is 1. The standard InChI is InChI=1S/C22H20N4OS/c1-17-6-5-7-19(16-17)26-21(18-10-12-23-13-11-18)24-25-22(26)28-15-14-27-20-8-3-2-4-9-20/h2-13,16H,14-15H2,1H3. The summed E-state index contributed by atoms with van der Waals surface area (Å²) in [7, 11) is 0. The summed E-state index contributed by atoms with van der Waals surface area (Å²) in [5, 5.41) is 9.74. The lowest BCUT2D eigenvalue weighted by molar-refractivity contribution is 0.344. The predicted molar refractivity (Wildman–Crippen MR) is 112 cm³/mol. The molecule has 0 atom stereocenters. The number of hydrogen-bond donors (Lipinski definition) is 0. The Labute approximate surface area is 168 Å². The van der Waals surface area contributed by atoms with Crippen molar-refractivity contribution in [1.82, 2.24) is 19.7 Å². The average molecular weight is 388 g/mol. The van der Waals surface area contributed by atoms with E-state index in [1.54, 1.807) is 24.2 Å². The third-order valence-electron chi connectivity index (χ3n) is 4.16. The maximum atomic E-state index is 5.80. The first-order valence-electron chi connectivity index (χ1n) is 9.05. The Kier molecular flexibility index (Phi) is 5.68. The molecular formula is C22H20N4OS. The van der Waals surface area contributed by atoms with Crippen molar-refractivity contribution in [3.63, 3.8) is 0 Å². The van der Waals surface area contributed by atoms with Gasteiger partial charge in [0.2, 0.25) is 0 Å². The van der Waals surface area contributed by atoms with E-state index in [0.29, 0.717) is 6.61 Å². The van der Waals surface area contributed by atoms with E-state index in [2.05, 4.69) is 44.9 Å². The first-order valence-corrected chi connectivity index (χ1v) is 10.0. The van der Waals surface area contributed by atoms with Crippen molar-refractivity contribution in [2.24, 2.45) is 0 Å². The number of para-hydroxylation sites is 1. The summed E-state index contributed by atoms with van der Waals surface area (Å²) < 4.78 is 7.89. The molecule has 4 rings (SSSR count). The number of aryl methyl sites for hydroxylation is 1. The molecule has 0 aliphatic carbocycles. The molecule has 0 spiro atoms. The van der Waals surface area contributed by atoms with Crippen LogP contribution in [0.25, 0.3) is 17.1 Å². The zero-order valence-electron chi connectivity index (χ0n) is 15.5. The molecule has 0 saturated carbocycles. The second-order valence-corrected chi connectivity index (χ2v) is 7.29. The van der Waals surface area contributed by atoms with Gasteiger partial charge >= 0.3 is 0 Å². The molecule has 0 fully saturated rings. The fraction of sp³-hybridized carbons (Fsp3) is 0.136. The summed E-state index contributed by atoms with van der Waals surface area (Å²) >= 11 is 1.63. The van der Waals surface area contributed by atoms with E-state index in [9.17, 15) is 0 Å². The van der Waals surface area contributed by atoms with Crippen LogP contribution in [0.5, 0.6) is 5.75 Å². The summed E-state index contributed by atoms with van der Waals surface area (Å²) in [6, 6.07) is 22.1. The zero-order valence-corrected chi connectivity index (χ0v) is 16.3. The minimum Gasteiger partial charge on any atom is -0.493 e. The molecule has 0 aliphatic heterocycles. The van der Waals surface area contributed by atoms with Crippen molar-refractivity contribution in [1.29, 1.82) is 0 Å². The maximum absolute atomic E-state index is 5.80. The Hall–Kier alpha value is -3.12. The van der Waals surface area contributed by atoms with Crippen molar-refractivity contribution in [2.75, 3.05) is 12.4 Å². The minimum absolute atomic E-state index is 0.597. The molecule has 2 heterocycles.